The second-order valence-electron chi connectivity index (χ2n) is 3.83. The molecule has 0 radical (unpaired) electrons. The van der Waals surface area contributed by atoms with Gasteiger partial charge in [0.1, 0.15) is 0 Å². The van der Waals surface area contributed by atoms with Gasteiger partial charge in [-0.15, -0.1) is 0 Å². The smallest absolute Gasteiger partial charge is 0.340 e. The highest BCUT2D eigenvalue weighted by Crippen LogP contribution is 2.27. The first-order valence-corrected chi connectivity index (χ1v) is 6.60. The van der Waals surface area contributed by atoms with Crippen LogP contribution in [-0.2, 0) is 9.53 Å². The Kier molecular flexibility index (Phi) is 6.26. The third-order valence-electron chi connectivity index (χ3n) is 2.24. The molecular weight excluding hydrogens is 321 g/mol. The Labute approximate surface area is 130 Å². The first-order chi connectivity index (χ1) is 9.85. The molecule has 0 aliphatic carbocycles. The fourth-order valence-corrected chi connectivity index (χ4v) is 1.82. The SMILES string of the molecule is CCNC(=O)NC(=O)COC(=O)c1cc(Cl)cc(Cl)c1N. The average molecular weight is 334 g/mol. The number of hydrogen-bond acceptors (Lipinski definition) is 5. The highest BCUT2D eigenvalue weighted by atomic mass is 35.5. The number of ether oxygens (including phenoxy) is 1. The highest BCUT2D eigenvalue weighted by Gasteiger charge is 2.17. The number of anilines is 1. The third kappa shape index (κ3) is 5.13. The van der Waals surface area contributed by atoms with Crippen molar-refractivity contribution in [3.05, 3.63) is 27.7 Å². The van der Waals surface area contributed by atoms with E-state index in [1.54, 1.807) is 6.92 Å². The number of halogens is 2. The summed E-state index contributed by atoms with van der Waals surface area (Å²) < 4.78 is 4.73. The molecule has 0 heterocycles. The van der Waals surface area contributed by atoms with E-state index in [-0.39, 0.29) is 21.3 Å². The maximum Gasteiger partial charge on any atom is 0.340 e. The summed E-state index contributed by atoms with van der Waals surface area (Å²) in [4.78, 5) is 34.2. The van der Waals surface area contributed by atoms with Crippen LogP contribution in [0, 0.1) is 0 Å². The molecule has 1 rings (SSSR count). The summed E-state index contributed by atoms with van der Waals surface area (Å²) in [6.45, 7) is 1.41. The van der Waals surface area contributed by atoms with Gasteiger partial charge < -0.3 is 15.8 Å². The van der Waals surface area contributed by atoms with Crippen LogP contribution in [0.3, 0.4) is 0 Å². The van der Waals surface area contributed by atoms with E-state index in [1.165, 1.54) is 12.1 Å². The number of carbonyl (C=O) groups is 3. The van der Waals surface area contributed by atoms with Gasteiger partial charge in [0.25, 0.3) is 5.91 Å². The van der Waals surface area contributed by atoms with Crippen LogP contribution in [0.4, 0.5) is 10.5 Å². The minimum atomic E-state index is -0.872. The van der Waals surface area contributed by atoms with Gasteiger partial charge in [-0.2, -0.15) is 0 Å². The second-order valence-corrected chi connectivity index (χ2v) is 4.68. The molecule has 21 heavy (non-hydrogen) atoms. The van der Waals surface area contributed by atoms with E-state index in [4.69, 9.17) is 33.7 Å². The van der Waals surface area contributed by atoms with Crippen molar-refractivity contribution in [3.8, 4) is 0 Å². The van der Waals surface area contributed by atoms with Gasteiger partial charge in [0.15, 0.2) is 6.61 Å². The van der Waals surface area contributed by atoms with Gasteiger partial charge in [-0.25, -0.2) is 9.59 Å². The zero-order valence-corrected chi connectivity index (χ0v) is 12.5. The van der Waals surface area contributed by atoms with Crippen LogP contribution in [0.5, 0.6) is 0 Å². The van der Waals surface area contributed by atoms with Crippen LogP contribution in [0.15, 0.2) is 12.1 Å². The van der Waals surface area contributed by atoms with E-state index in [1.807, 2.05) is 5.32 Å². The summed E-state index contributed by atoms with van der Waals surface area (Å²) in [5.41, 5.74) is 5.56. The molecule has 0 atom stereocenters. The van der Waals surface area contributed by atoms with Gasteiger partial charge in [-0.3, -0.25) is 10.1 Å². The van der Waals surface area contributed by atoms with Crippen LogP contribution in [0.25, 0.3) is 0 Å². The van der Waals surface area contributed by atoms with Crippen molar-refractivity contribution < 1.29 is 19.1 Å². The third-order valence-corrected chi connectivity index (χ3v) is 2.77. The molecule has 0 aromatic heterocycles. The maximum absolute atomic E-state index is 11.8. The summed E-state index contributed by atoms with van der Waals surface area (Å²) in [5.74, 6) is -1.65. The Bertz CT molecular complexity index is 578. The van der Waals surface area contributed by atoms with Crippen molar-refractivity contribution in [2.45, 2.75) is 6.92 Å². The number of nitrogens with two attached hydrogens (primary N) is 1. The number of esters is 1. The zero-order chi connectivity index (χ0) is 16.0. The predicted octanol–water partition coefficient (Wildman–Crippen LogP) is 1.58. The van der Waals surface area contributed by atoms with Crippen molar-refractivity contribution in [1.82, 2.24) is 10.6 Å². The Morgan fingerprint density at radius 2 is 1.95 bits per heavy atom. The van der Waals surface area contributed by atoms with Crippen LogP contribution < -0.4 is 16.4 Å². The van der Waals surface area contributed by atoms with Crippen molar-refractivity contribution in [3.63, 3.8) is 0 Å². The standard InChI is InChI=1S/C12H13Cl2N3O4/c1-2-16-12(20)17-9(18)5-21-11(19)7-3-6(13)4-8(14)10(7)15/h3-4H,2,5,15H2,1H3,(H2,16,17,18,20). The number of benzene rings is 1. The van der Waals surface area contributed by atoms with E-state index in [0.29, 0.717) is 6.54 Å². The summed E-state index contributed by atoms with van der Waals surface area (Å²) in [6.07, 6.45) is 0. The molecule has 0 spiro atoms. The second kappa shape index (κ2) is 7.70. The summed E-state index contributed by atoms with van der Waals surface area (Å²) in [5, 5.41) is 4.63. The molecular formula is C12H13Cl2N3O4. The molecule has 0 bridgehead atoms. The lowest BCUT2D eigenvalue weighted by molar-refractivity contribution is -0.123. The van der Waals surface area contributed by atoms with E-state index >= 15 is 0 Å². The molecule has 1 aromatic rings. The molecule has 3 amide bonds. The van der Waals surface area contributed by atoms with Crippen molar-refractivity contribution >= 4 is 46.8 Å². The molecule has 0 saturated heterocycles. The minimum Gasteiger partial charge on any atom is -0.452 e. The fraction of sp³-hybridized carbons (Fsp3) is 0.250. The number of imide groups is 1. The number of carbonyl (C=O) groups excluding carboxylic acids is 3. The Hall–Kier alpha value is -1.99. The lowest BCUT2D eigenvalue weighted by Gasteiger charge is -2.09. The van der Waals surface area contributed by atoms with Gasteiger partial charge in [0.2, 0.25) is 0 Å². The predicted molar refractivity (Wildman–Crippen MR) is 78.4 cm³/mol. The van der Waals surface area contributed by atoms with E-state index in [9.17, 15) is 14.4 Å². The fourth-order valence-electron chi connectivity index (χ4n) is 1.33. The van der Waals surface area contributed by atoms with Crippen LogP contribution in [0.1, 0.15) is 17.3 Å². The lowest BCUT2D eigenvalue weighted by Crippen LogP contribution is -2.41. The van der Waals surface area contributed by atoms with Gasteiger partial charge in [-0.05, 0) is 19.1 Å². The van der Waals surface area contributed by atoms with E-state index in [2.05, 4.69) is 5.32 Å². The molecule has 7 nitrogen and oxygen atoms in total. The molecule has 0 saturated carbocycles. The minimum absolute atomic E-state index is 0.00444. The largest absolute Gasteiger partial charge is 0.452 e. The van der Waals surface area contributed by atoms with E-state index in [0.717, 1.165) is 0 Å². The average Bonchev–Trinajstić information content (AvgIpc) is 2.40. The zero-order valence-electron chi connectivity index (χ0n) is 11.0. The Morgan fingerprint density at radius 1 is 1.29 bits per heavy atom. The van der Waals surface area contributed by atoms with Gasteiger partial charge in [-0.1, -0.05) is 23.2 Å². The van der Waals surface area contributed by atoms with Crippen molar-refractivity contribution in [2.75, 3.05) is 18.9 Å². The number of urea groups is 1. The molecule has 9 heteroatoms. The molecule has 114 valence electrons. The molecule has 1 aromatic carbocycles. The molecule has 0 fully saturated rings. The quantitative estimate of drug-likeness (QED) is 0.572. The topological polar surface area (TPSA) is 111 Å². The number of nitrogen functional groups attached to an aromatic ring is 1. The van der Waals surface area contributed by atoms with Gasteiger partial charge >= 0.3 is 12.0 Å². The Morgan fingerprint density at radius 3 is 2.57 bits per heavy atom. The number of hydrogen-bond donors (Lipinski definition) is 3. The Balaban J connectivity index is 2.62. The van der Waals surface area contributed by atoms with Crippen LogP contribution >= 0.6 is 23.2 Å². The first kappa shape index (κ1) is 17.1. The van der Waals surface area contributed by atoms with Crippen molar-refractivity contribution in [1.29, 1.82) is 0 Å². The molecule has 0 aliphatic heterocycles. The van der Waals surface area contributed by atoms with E-state index < -0.39 is 24.5 Å². The normalized spacial score (nSPS) is 9.86. The first-order valence-electron chi connectivity index (χ1n) is 5.84. The molecule has 0 aliphatic rings. The van der Waals surface area contributed by atoms with Crippen LogP contribution in [-0.4, -0.2) is 31.1 Å². The maximum atomic E-state index is 11.8. The van der Waals surface area contributed by atoms with Crippen LogP contribution in [0.2, 0.25) is 10.0 Å². The number of amides is 3. The molecule has 4 N–H and O–H groups in total. The molecule has 0 unspecified atom stereocenters. The summed E-state index contributed by atoms with van der Waals surface area (Å²) in [6, 6.07) is 1.97. The number of nitrogens with one attached hydrogen (secondary N) is 2. The highest BCUT2D eigenvalue weighted by molar-refractivity contribution is 6.37. The number of rotatable bonds is 4. The van der Waals surface area contributed by atoms with Crippen molar-refractivity contribution in [2.24, 2.45) is 0 Å². The summed E-state index contributed by atoms with van der Waals surface area (Å²) in [7, 11) is 0. The van der Waals surface area contributed by atoms with Gasteiger partial charge in [0, 0.05) is 11.6 Å². The monoisotopic (exact) mass is 333 g/mol. The summed E-state index contributed by atoms with van der Waals surface area (Å²) >= 11 is 11.5. The van der Waals surface area contributed by atoms with Gasteiger partial charge in [0.05, 0.1) is 16.3 Å². The lowest BCUT2D eigenvalue weighted by atomic mass is 10.2.